The number of rotatable bonds is 8. The summed E-state index contributed by atoms with van der Waals surface area (Å²) in [5, 5.41) is 6.56. The van der Waals surface area contributed by atoms with E-state index in [1.54, 1.807) is 0 Å². The molecule has 5 nitrogen and oxygen atoms in total. The SMILES string of the molecule is CCNC(=NCC(CC)CC)NCCC(=O)N1CCCC(C)C1. The average molecular weight is 325 g/mol. The van der Waals surface area contributed by atoms with Gasteiger partial charge in [-0.2, -0.15) is 0 Å². The van der Waals surface area contributed by atoms with E-state index in [2.05, 4.69) is 43.3 Å². The Morgan fingerprint density at radius 1 is 1.26 bits per heavy atom. The molecule has 1 rings (SSSR count). The predicted molar refractivity (Wildman–Crippen MR) is 97.6 cm³/mol. The highest BCUT2D eigenvalue weighted by Crippen LogP contribution is 2.15. The lowest BCUT2D eigenvalue weighted by molar-refractivity contribution is -0.132. The Bertz CT molecular complexity index is 366. The highest BCUT2D eigenvalue weighted by atomic mass is 16.2. The van der Waals surface area contributed by atoms with Gasteiger partial charge in [0.25, 0.3) is 0 Å². The summed E-state index contributed by atoms with van der Waals surface area (Å²) in [6, 6.07) is 0. The molecule has 0 aromatic heterocycles. The van der Waals surface area contributed by atoms with E-state index in [1.165, 1.54) is 6.42 Å². The molecule has 1 amide bonds. The summed E-state index contributed by atoms with van der Waals surface area (Å²) >= 11 is 0. The van der Waals surface area contributed by atoms with Crippen LogP contribution in [-0.4, -0.2) is 49.5 Å². The Balaban J connectivity index is 2.36. The van der Waals surface area contributed by atoms with Crippen molar-refractivity contribution < 1.29 is 4.79 Å². The Morgan fingerprint density at radius 2 is 2.00 bits per heavy atom. The second kappa shape index (κ2) is 11.3. The summed E-state index contributed by atoms with van der Waals surface area (Å²) in [6.07, 6.45) is 5.24. The molecule has 134 valence electrons. The number of carbonyl (C=O) groups is 1. The first-order chi connectivity index (χ1) is 11.1. The van der Waals surface area contributed by atoms with Crippen LogP contribution in [0.5, 0.6) is 0 Å². The molecular weight excluding hydrogens is 288 g/mol. The molecule has 0 aromatic carbocycles. The van der Waals surface area contributed by atoms with Gasteiger partial charge in [-0.3, -0.25) is 9.79 Å². The monoisotopic (exact) mass is 324 g/mol. The number of nitrogens with zero attached hydrogens (tertiary/aromatic N) is 2. The number of likely N-dealkylation sites (tertiary alicyclic amines) is 1. The summed E-state index contributed by atoms with van der Waals surface area (Å²) in [7, 11) is 0. The standard InChI is InChI=1S/C18H36N4O/c1-5-16(6-2)13-21-18(19-7-3)20-11-10-17(23)22-12-8-9-15(4)14-22/h15-16H,5-14H2,1-4H3,(H2,19,20,21). The van der Waals surface area contributed by atoms with Crippen LogP contribution in [0.3, 0.4) is 0 Å². The number of aliphatic imine (C=N–C) groups is 1. The van der Waals surface area contributed by atoms with Crippen LogP contribution in [0, 0.1) is 11.8 Å². The summed E-state index contributed by atoms with van der Waals surface area (Å²) in [6.45, 7) is 12.9. The number of hydrogen-bond donors (Lipinski definition) is 2. The average Bonchev–Trinajstić information content (AvgIpc) is 2.55. The van der Waals surface area contributed by atoms with Gasteiger partial charge in [0.2, 0.25) is 5.91 Å². The summed E-state index contributed by atoms with van der Waals surface area (Å²) in [5.41, 5.74) is 0. The predicted octanol–water partition coefficient (Wildman–Crippen LogP) is 2.63. The Kier molecular flexibility index (Phi) is 9.72. The maximum atomic E-state index is 12.3. The molecule has 0 radical (unpaired) electrons. The lowest BCUT2D eigenvalue weighted by Gasteiger charge is -2.31. The zero-order valence-corrected chi connectivity index (χ0v) is 15.5. The van der Waals surface area contributed by atoms with Gasteiger partial charge in [-0.05, 0) is 31.6 Å². The molecule has 1 aliphatic heterocycles. The molecule has 1 heterocycles. The fraction of sp³-hybridized carbons (Fsp3) is 0.889. The fourth-order valence-corrected chi connectivity index (χ4v) is 2.97. The van der Waals surface area contributed by atoms with E-state index >= 15 is 0 Å². The number of amides is 1. The summed E-state index contributed by atoms with van der Waals surface area (Å²) in [5.74, 6) is 2.38. The number of hydrogen-bond acceptors (Lipinski definition) is 2. The minimum absolute atomic E-state index is 0.264. The normalized spacial score (nSPS) is 19.1. The molecule has 0 aromatic rings. The molecule has 1 atom stereocenters. The fourth-order valence-electron chi connectivity index (χ4n) is 2.97. The van der Waals surface area contributed by atoms with Gasteiger partial charge in [-0.1, -0.05) is 33.6 Å². The van der Waals surface area contributed by atoms with Crippen molar-refractivity contribution in [2.45, 2.75) is 59.8 Å². The van der Waals surface area contributed by atoms with Crippen molar-refractivity contribution in [1.29, 1.82) is 0 Å². The lowest BCUT2D eigenvalue weighted by atomic mass is 10.00. The Hall–Kier alpha value is -1.26. The minimum atomic E-state index is 0.264. The molecule has 0 spiro atoms. The lowest BCUT2D eigenvalue weighted by Crippen LogP contribution is -2.42. The summed E-state index contributed by atoms with van der Waals surface area (Å²) < 4.78 is 0. The van der Waals surface area contributed by atoms with Crippen LogP contribution in [0.15, 0.2) is 4.99 Å². The van der Waals surface area contributed by atoms with Crippen molar-refractivity contribution in [2.75, 3.05) is 32.7 Å². The first-order valence-corrected chi connectivity index (χ1v) is 9.40. The van der Waals surface area contributed by atoms with Crippen molar-refractivity contribution in [3.05, 3.63) is 0 Å². The molecule has 1 aliphatic rings. The maximum absolute atomic E-state index is 12.3. The zero-order valence-electron chi connectivity index (χ0n) is 15.5. The molecule has 1 unspecified atom stereocenters. The molecular formula is C18H36N4O. The van der Waals surface area contributed by atoms with E-state index in [9.17, 15) is 4.79 Å². The van der Waals surface area contributed by atoms with Gasteiger partial charge in [-0.25, -0.2) is 0 Å². The van der Waals surface area contributed by atoms with E-state index in [0.717, 1.165) is 51.4 Å². The molecule has 0 aliphatic carbocycles. The van der Waals surface area contributed by atoms with Crippen LogP contribution in [0.25, 0.3) is 0 Å². The van der Waals surface area contributed by atoms with Crippen LogP contribution in [-0.2, 0) is 4.79 Å². The number of guanidine groups is 1. The van der Waals surface area contributed by atoms with E-state index in [-0.39, 0.29) is 5.91 Å². The molecule has 1 fully saturated rings. The number of piperidine rings is 1. The second-order valence-electron chi connectivity index (χ2n) is 6.67. The largest absolute Gasteiger partial charge is 0.357 e. The minimum Gasteiger partial charge on any atom is -0.357 e. The van der Waals surface area contributed by atoms with Crippen LogP contribution in [0.1, 0.15) is 59.8 Å². The number of nitrogens with one attached hydrogen (secondary N) is 2. The van der Waals surface area contributed by atoms with E-state index in [4.69, 9.17) is 0 Å². The highest BCUT2D eigenvalue weighted by molar-refractivity contribution is 5.81. The van der Waals surface area contributed by atoms with E-state index in [1.807, 2.05) is 4.90 Å². The zero-order chi connectivity index (χ0) is 17.1. The van der Waals surface area contributed by atoms with Gasteiger partial charge in [0.1, 0.15) is 0 Å². The third-order valence-electron chi connectivity index (χ3n) is 4.65. The van der Waals surface area contributed by atoms with Crippen molar-refractivity contribution in [3.63, 3.8) is 0 Å². The molecule has 1 saturated heterocycles. The van der Waals surface area contributed by atoms with Gasteiger partial charge in [0.05, 0.1) is 0 Å². The van der Waals surface area contributed by atoms with Crippen LogP contribution >= 0.6 is 0 Å². The summed E-state index contributed by atoms with van der Waals surface area (Å²) in [4.78, 5) is 18.9. The van der Waals surface area contributed by atoms with Crippen molar-refractivity contribution >= 4 is 11.9 Å². The van der Waals surface area contributed by atoms with Gasteiger partial charge >= 0.3 is 0 Å². The van der Waals surface area contributed by atoms with Gasteiger partial charge in [0, 0.05) is 39.1 Å². The smallest absolute Gasteiger partial charge is 0.224 e. The molecule has 0 saturated carbocycles. The second-order valence-corrected chi connectivity index (χ2v) is 6.67. The quantitative estimate of drug-likeness (QED) is 0.533. The molecule has 5 heteroatoms. The third-order valence-corrected chi connectivity index (χ3v) is 4.65. The van der Waals surface area contributed by atoms with Crippen molar-refractivity contribution in [3.8, 4) is 0 Å². The van der Waals surface area contributed by atoms with E-state index in [0.29, 0.717) is 24.8 Å². The molecule has 2 N–H and O–H groups in total. The van der Waals surface area contributed by atoms with Crippen LogP contribution < -0.4 is 10.6 Å². The third kappa shape index (κ3) is 7.71. The Labute approximate surface area is 142 Å². The molecule has 0 bridgehead atoms. The van der Waals surface area contributed by atoms with Crippen molar-refractivity contribution in [2.24, 2.45) is 16.8 Å². The molecule has 23 heavy (non-hydrogen) atoms. The highest BCUT2D eigenvalue weighted by Gasteiger charge is 2.20. The number of carbonyl (C=O) groups excluding carboxylic acids is 1. The van der Waals surface area contributed by atoms with Crippen LogP contribution in [0.4, 0.5) is 0 Å². The topological polar surface area (TPSA) is 56.7 Å². The van der Waals surface area contributed by atoms with Gasteiger partial charge in [0.15, 0.2) is 5.96 Å². The van der Waals surface area contributed by atoms with Crippen LogP contribution in [0.2, 0.25) is 0 Å². The maximum Gasteiger partial charge on any atom is 0.224 e. The van der Waals surface area contributed by atoms with Gasteiger partial charge in [-0.15, -0.1) is 0 Å². The first kappa shape index (κ1) is 19.8. The van der Waals surface area contributed by atoms with E-state index < -0.39 is 0 Å². The Morgan fingerprint density at radius 3 is 2.61 bits per heavy atom. The van der Waals surface area contributed by atoms with Gasteiger partial charge < -0.3 is 15.5 Å². The van der Waals surface area contributed by atoms with Crippen molar-refractivity contribution in [1.82, 2.24) is 15.5 Å². The first-order valence-electron chi connectivity index (χ1n) is 9.40.